The van der Waals surface area contributed by atoms with Crippen LogP contribution in [-0.2, 0) is 4.79 Å². The summed E-state index contributed by atoms with van der Waals surface area (Å²) < 4.78 is 0. The molecule has 4 N–H and O–H groups in total. The summed E-state index contributed by atoms with van der Waals surface area (Å²) in [6, 6.07) is 0. The Morgan fingerprint density at radius 2 is 1.67 bits per heavy atom. The Balaban J connectivity index is 4.07. The number of hydrogen-bond donors (Lipinski definition) is 4. The van der Waals surface area contributed by atoms with E-state index in [1.54, 1.807) is 0 Å². The van der Waals surface area contributed by atoms with Crippen LogP contribution in [0.3, 0.4) is 0 Å². The summed E-state index contributed by atoms with van der Waals surface area (Å²) in [7, 11) is 0. The predicted octanol–water partition coefficient (Wildman–Crippen LogP) is -2.05. The van der Waals surface area contributed by atoms with Crippen molar-refractivity contribution in [3.05, 3.63) is 0 Å². The maximum absolute atomic E-state index is 9.95. The zero-order chi connectivity index (χ0) is 9.72. The van der Waals surface area contributed by atoms with Crippen LogP contribution in [-0.4, -0.2) is 56.7 Å². The molecule has 6 heteroatoms. The first-order chi connectivity index (χ1) is 5.54. The molecule has 5 nitrogen and oxygen atoms in total. The van der Waals surface area contributed by atoms with Crippen molar-refractivity contribution in [1.82, 2.24) is 0 Å². The minimum absolute atomic E-state index is 0.0981. The fourth-order valence-corrected chi connectivity index (χ4v) is 1.03. The maximum Gasteiger partial charge on any atom is 0.151 e. The predicted molar refractivity (Wildman–Crippen MR) is 43.6 cm³/mol. The molecule has 4 atom stereocenters. The molecule has 0 aliphatic heterocycles. The molecule has 0 aliphatic rings. The summed E-state index contributed by atoms with van der Waals surface area (Å²) >= 11 is 0.908. The van der Waals surface area contributed by atoms with Crippen LogP contribution in [0.4, 0.5) is 0 Å². The molecule has 0 radical (unpaired) electrons. The van der Waals surface area contributed by atoms with Crippen LogP contribution in [0, 0.1) is 0 Å². The maximum atomic E-state index is 9.95. The zero-order valence-electron chi connectivity index (χ0n) is 6.49. The number of rotatable bonds is 5. The Morgan fingerprint density at radius 3 is 2.00 bits per heavy atom. The van der Waals surface area contributed by atoms with Crippen LogP contribution < -0.4 is 0 Å². The topological polar surface area (TPSA) is 98.0 Å². The van der Waals surface area contributed by atoms with Crippen molar-refractivity contribution < 1.29 is 25.2 Å². The SMILES string of the molecule is CS[C@@H](O)[C@@H](O)[C@@H](O)[C@@H](O)C=O. The van der Waals surface area contributed by atoms with E-state index in [0.29, 0.717) is 0 Å². The first-order valence-electron chi connectivity index (χ1n) is 3.25. The highest BCUT2D eigenvalue weighted by atomic mass is 32.2. The molecular formula is C6H12O5S. The fourth-order valence-electron chi connectivity index (χ4n) is 0.591. The van der Waals surface area contributed by atoms with E-state index in [9.17, 15) is 4.79 Å². The summed E-state index contributed by atoms with van der Waals surface area (Å²) in [5.41, 5.74) is -1.21. The third kappa shape index (κ3) is 3.08. The molecule has 72 valence electrons. The lowest BCUT2D eigenvalue weighted by Gasteiger charge is -2.22. The molecular weight excluding hydrogens is 184 g/mol. The minimum atomic E-state index is -1.67. The van der Waals surface area contributed by atoms with Gasteiger partial charge in [-0.3, -0.25) is 0 Å². The number of aldehydes is 1. The van der Waals surface area contributed by atoms with Crippen LogP contribution in [0.15, 0.2) is 0 Å². The molecule has 0 amide bonds. The molecule has 0 rings (SSSR count). The van der Waals surface area contributed by atoms with Gasteiger partial charge in [0, 0.05) is 0 Å². The average molecular weight is 196 g/mol. The van der Waals surface area contributed by atoms with Gasteiger partial charge in [0.15, 0.2) is 6.29 Å². The molecule has 0 aromatic carbocycles. The molecule has 0 heterocycles. The smallest absolute Gasteiger partial charge is 0.151 e. The summed E-state index contributed by atoms with van der Waals surface area (Å²) in [4.78, 5) is 9.95. The lowest BCUT2D eigenvalue weighted by molar-refractivity contribution is -0.129. The Kier molecular flexibility index (Phi) is 5.43. The van der Waals surface area contributed by atoms with Gasteiger partial charge in [-0.2, -0.15) is 0 Å². The molecule has 0 aliphatic carbocycles. The second-order valence-electron chi connectivity index (χ2n) is 2.23. The summed E-state index contributed by atoms with van der Waals surface area (Å²) in [6.45, 7) is 0. The van der Waals surface area contributed by atoms with Crippen molar-refractivity contribution in [2.45, 2.75) is 23.7 Å². The van der Waals surface area contributed by atoms with Crippen molar-refractivity contribution in [2.75, 3.05) is 6.26 Å². The molecule has 0 spiro atoms. The van der Waals surface area contributed by atoms with E-state index in [4.69, 9.17) is 20.4 Å². The van der Waals surface area contributed by atoms with Crippen LogP contribution in [0.1, 0.15) is 0 Å². The highest BCUT2D eigenvalue weighted by Gasteiger charge is 2.29. The molecule has 0 saturated heterocycles. The van der Waals surface area contributed by atoms with Gasteiger partial charge >= 0.3 is 0 Å². The molecule has 12 heavy (non-hydrogen) atoms. The summed E-state index contributed by atoms with van der Waals surface area (Å²) in [5, 5.41) is 35.7. The van der Waals surface area contributed by atoms with Crippen LogP contribution >= 0.6 is 11.8 Å². The molecule has 0 aromatic heterocycles. The van der Waals surface area contributed by atoms with Gasteiger partial charge in [0.25, 0.3) is 0 Å². The highest BCUT2D eigenvalue weighted by Crippen LogP contribution is 2.12. The van der Waals surface area contributed by atoms with Crippen molar-refractivity contribution in [3.63, 3.8) is 0 Å². The summed E-state index contributed by atoms with van der Waals surface area (Å²) in [5.74, 6) is 0. The molecule has 0 unspecified atom stereocenters. The third-order valence-corrected chi connectivity index (χ3v) is 2.13. The van der Waals surface area contributed by atoms with E-state index in [0.717, 1.165) is 11.8 Å². The molecule has 0 fully saturated rings. The number of carbonyl (C=O) groups excluding carboxylic acids is 1. The van der Waals surface area contributed by atoms with Gasteiger partial charge < -0.3 is 25.2 Å². The first-order valence-corrected chi connectivity index (χ1v) is 4.53. The fraction of sp³-hybridized carbons (Fsp3) is 0.833. The number of hydrogen-bond acceptors (Lipinski definition) is 6. The Hall–Kier alpha value is -0.140. The number of aliphatic hydroxyl groups is 4. The zero-order valence-corrected chi connectivity index (χ0v) is 7.31. The number of thioether (sulfide) groups is 1. The van der Waals surface area contributed by atoms with Crippen LogP contribution in [0.5, 0.6) is 0 Å². The van der Waals surface area contributed by atoms with E-state index < -0.39 is 23.7 Å². The van der Waals surface area contributed by atoms with Gasteiger partial charge in [-0.05, 0) is 6.26 Å². The second kappa shape index (κ2) is 5.50. The van der Waals surface area contributed by atoms with E-state index in [1.165, 1.54) is 6.26 Å². The third-order valence-electron chi connectivity index (χ3n) is 1.37. The monoisotopic (exact) mass is 196 g/mol. The highest BCUT2D eigenvalue weighted by molar-refractivity contribution is 7.99. The van der Waals surface area contributed by atoms with Crippen molar-refractivity contribution in [3.8, 4) is 0 Å². The standard InChI is InChI=1S/C6H12O5S/c1-12-6(11)5(10)4(9)3(8)2-7/h2-6,8-11H,1H3/t3-,4-,5-,6+/m0/s1. The normalized spacial score (nSPS) is 21.1. The average Bonchev–Trinajstić information content (AvgIpc) is 2.12. The largest absolute Gasteiger partial charge is 0.387 e. The van der Waals surface area contributed by atoms with Crippen molar-refractivity contribution in [2.24, 2.45) is 0 Å². The lowest BCUT2D eigenvalue weighted by Crippen LogP contribution is -2.43. The number of aliphatic hydroxyl groups excluding tert-OH is 4. The van der Waals surface area contributed by atoms with E-state index >= 15 is 0 Å². The molecule has 0 saturated carbocycles. The van der Waals surface area contributed by atoms with E-state index in [2.05, 4.69) is 0 Å². The van der Waals surface area contributed by atoms with Gasteiger partial charge in [-0.15, -0.1) is 11.8 Å². The van der Waals surface area contributed by atoms with Gasteiger partial charge in [0.1, 0.15) is 23.7 Å². The van der Waals surface area contributed by atoms with E-state index in [-0.39, 0.29) is 6.29 Å². The number of carbonyl (C=O) groups is 1. The minimum Gasteiger partial charge on any atom is -0.387 e. The Labute approximate surface area is 74.0 Å². The first kappa shape index (κ1) is 11.9. The summed E-state index contributed by atoms with van der Waals surface area (Å²) in [6.07, 6.45) is -3.22. The van der Waals surface area contributed by atoms with Crippen LogP contribution in [0.2, 0.25) is 0 Å². The van der Waals surface area contributed by atoms with E-state index in [1.807, 2.05) is 0 Å². The Morgan fingerprint density at radius 1 is 1.17 bits per heavy atom. The Bertz CT molecular complexity index is 142. The molecule has 0 bridgehead atoms. The quantitative estimate of drug-likeness (QED) is 0.298. The van der Waals surface area contributed by atoms with Gasteiger partial charge in [-0.25, -0.2) is 0 Å². The second-order valence-corrected chi connectivity index (χ2v) is 3.19. The van der Waals surface area contributed by atoms with Gasteiger partial charge in [0.05, 0.1) is 0 Å². The van der Waals surface area contributed by atoms with Gasteiger partial charge in [0.2, 0.25) is 0 Å². The lowest BCUT2D eigenvalue weighted by atomic mass is 10.1. The van der Waals surface area contributed by atoms with Crippen molar-refractivity contribution >= 4 is 18.0 Å². The van der Waals surface area contributed by atoms with Crippen molar-refractivity contribution in [1.29, 1.82) is 0 Å². The van der Waals surface area contributed by atoms with Gasteiger partial charge in [-0.1, -0.05) is 0 Å². The van der Waals surface area contributed by atoms with Crippen LogP contribution in [0.25, 0.3) is 0 Å². The molecule has 0 aromatic rings.